The second-order valence-corrected chi connectivity index (χ2v) is 6.91. The molecule has 29 heavy (non-hydrogen) atoms. The van der Waals surface area contributed by atoms with Crippen molar-refractivity contribution < 1.29 is 14.3 Å². The second kappa shape index (κ2) is 8.61. The largest absolute Gasteiger partial charge is 0.489 e. The molecule has 2 heterocycles. The first-order valence-corrected chi connectivity index (χ1v) is 9.54. The first-order valence-electron chi connectivity index (χ1n) is 9.54. The lowest BCUT2D eigenvalue weighted by atomic mass is 10.1. The third kappa shape index (κ3) is 4.63. The Bertz CT molecular complexity index is 1010. The Morgan fingerprint density at radius 3 is 2.76 bits per heavy atom. The summed E-state index contributed by atoms with van der Waals surface area (Å²) in [5.74, 6) is 1.46. The van der Waals surface area contributed by atoms with Crippen LogP contribution in [0.1, 0.15) is 29.7 Å². The number of ether oxygens (including phenoxy) is 2. The van der Waals surface area contributed by atoms with Gasteiger partial charge >= 0.3 is 0 Å². The molecule has 0 saturated heterocycles. The van der Waals surface area contributed by atoms with Gasteiger partial charge in [0.2, 0.25) is 0 Å². The summed E-state index contributed by atoms with van der Waals surface area (Å²) in [6.45, 7) is 2.70. The number of carbonyl (C=O) groups is 1. The van der Waals surface area contributed by atoms with E-state index in [1.165, 1.54) is 0 Å². The molecule has 0 bridgehead atoms. The number of hydrogen-bond acceptors (Lipinski definition) is 4. The van der Waals surface area contributed by atoms with Crippen molar-refractivity contribution in [2.24, 2.45) is 0 Å². The molecule has 1 aromatic heterocycles. The van der Waals surface area contributed by atoms with Crippen LogP contribution in [0.4, 0.5) is 0 Å². The molecule has 1 aliphatic rings. The third-order valence-electron chi connectivity index (χ3n) is 4.78. The monoisotopic (exact) mass is 386 g/mol. The highest BCUT2D eigenvalue weighted by Gasteiger charge is 2.19. The van der Waals surface area contributed by atoms with Gasteiger partial charge in [-0.25, -0.2) is 0 Å². The van der Waals surface area contributed by atoms with Crippen molar-refractivity contribution in [1.29, 1.82) is 0 Å². The molecule has 1 N–H and O–H groups in total. The minimum absolute atomic E-state index is 0.121. The highest BCUT2D eigenvalue weighted by molar-refractivity contribution is 5.99. The molecule has 0 radical (unpaired) electrons. The predicted molar refractivity (Wildman–Crippen MR) is 111 cm³/mol. The Morgan fingerprint density at radius 1 is 1.14 bits per heavy atom. The van der Waals surface area contributed by atoms with E-state index in [1.807, 2.05) is 73.7 Å². The smallest absolute Gasteiger partial charge is 0.251 e. The zero-order valence-electron chi connectivity index (χ0n) is 16.2. The quantitative estimate of drug-likeness (QED) is 0.686. The number of hydrogen-bond donors (Lipinski definition) is 1. The van der Waals surface area contributed by atoms with Crippen molar-refractivity contribution in [2.75, 3.05) is 6.61 Å². The fourth-order valence-corrected chi connectivity index (χ4v) is 3.12. The fourth-order valence-electron chi connectivity index (χ4n) is 3.12. The highest BCUT2D eigenvalue weighted by atomic mass is 16.5. The molecule has 5 nitrogen and oxygen atoms in total. The molecule has 0 saturated carbocycles. The van der Waals surface area contributed by atoms with Crippen LogP contribution < -0.4 is 14.8 Å². The van der Waals surface area contributed by atoms with Crippen molar-refractivity contribution >= 4 is 12.0 Å². The van der Waals surface area contributed by atoms with E-state index in [4.69, 9.17) is 9.47 Å². The van der Waals surface area contributed by atoms with E-state index in [0.29, 0.717) is 12.2 Å². The van der Waals surface area contributed by atoms with E-state index in [1.54, 1.807) is 12.4 Å². The predicted octanol–water partition coefficient (Wildman–Crippen LogP) is 4.31. The normalized spacial score (nSPS) is 13.5. The van der Waals surface area contributed by atoms with Crippen LogP contribution in [-0.2, 0) is 11.4 Å². The Balaban J connectivity index is 1.35. The molecule has 0 spiro atoms. The SMILES string of the molecule is CC(NC(=O)C1=Cc2ccccc2OC1)c1ccc(OCc2cccnc2)cc1. The number of fused-ring (bicyclic) bond motifs is 1. The van der Waals surface area contributed by atoms with E-state index in [9.17, 15) is 4.79 Å². The lowest BCUT2D eigenvalue weighted by Gasteiger charge is -2.20. The minimum Gasteiger partial charge on any atom is -0.489 e. The summed E-state index contributed by atoms with van der Waals surface area (Å²) in [4.78, 5) is 16.7. The number of pyridine rings is 1. The zero-order chi connectivity index (χ0) is 20.1. The molecule has 1 unspecified atom stereocenters. The standard InChI is InChI=1S/C24H22N2O3/c1-17(26-24(27)21-13-20-6-2-3-7-23(20)29-16-21)19-8-10-22(11-9-19)28-15-18-5-4-12-25-14-18/h2-14,17H,15-16H2,1H3,(H,26,27). The van der Waals surface area contributed by atoms with Crippen LogP contribution in [0.5, 0.6) is 11.5 Å². The topological polar surface area (TPSA) is 60.5 Å². The van der Waals surface area contributed by atoms with Crippen molar-refractivity contribution in [3.05, 3.63) is 95.3 Å². The van der Waals surface area contributed by atoms with Gasteiger partial charge in [-0.2, -0.15) is 0 Å². The number of nitrogens with zero attached hydrogens (tertiary/aromatic N) is 1. The molecule has 0 aliphatic carbocycles. The molecule has 1 atom stereocenters. The van der Waals surface area contributed by atoms with Crippen molar-refractivity contribution in [3.63, 3.8) is 0 Å². The van der Waals surface area contributed by atoms with Crippen LogP contribution in [0.3, 0.4) is 0 Å². The Labute approximate surface area is 170 Å². The van der Waals surface area contributed by atoms with Gasteiger partial charge in [0, 0.05) is 23.5 Å². The number of amides is 1. The summed E-state index contributed by atoms with van der Waals surface area (Å²) in [6, 6.07) is 19.2. The lowest BCUT2D eigenvalue weighted by Crippen LogP contribution is -2.30. The number of carbonyl (C=O) groups excluding carboxylic acids is 1. The van der Waals surface area contributed by atoms with Crippen LogP contribution in [-0.4, -0.2) is 17.5 Å². The summed E-state index contributed by atoms with van der Waals surface area (Å²) in [6.07, 6.45) is 5.41. The Kier molecular flexibility index (Phi) is 5.56. The number of benzene rings is 2. The van der Waals surface area contributed by atoms with Crippen molar-refractivity contribution in [2.45, 2.75) is 19.6 Å². The number of para-hydroxylation sites is 1. The molecule has 3 aromatic rings. The average Bonchev–Trinajstić information content (AvgIpc) is 2.78. The first kappa shape index (κ1) is 18.7. The molecule has 2 aromatic carbocycles. The van der Waals surface area contributed by atoms with Crippen LogP contribution in [0.2, 0.25) is 0 Å². The summed E-state index contributed by atoms with van der Waals surface area (Å²) < 4.78 is 11.5. The third-order valence-corrected chi connectivity index (χ3v) is 4.78. The molecule has 5 heteroatoms. The van der Waals surface area contributed by atoms with E-state index in [0.717, 1.165) is 28.2 Å². The van der Waals surface area contributed by atoms with Crippen LogP contribution in [0.15, 0.2) is 78.6 Å². The van der Waals surface area contributed by atoms with E-state index >= 15 is 0 Å². The molecular weight excluding hydrogens is 364 g/mol. The van der Waals surface area contributed by atoms with Gasteiger partial charge < -0.3 is 14.8 Å². The highest BCUT2D eigenvalue weighted by Crippen LogP contribution is 2.26. The van der Waals surface area contributed by atoms with Gasteiger partial charge in [0.15, 0.2) is 0 Å². The molecule has 146 valence electrons. The number of aromatic nitrogens is 1. The maximum absolute atomic E-state index is 12.6. The van der Waals surface area contributed by atoms with E-state index in [2.05, 4.69) is 10.3 Å². The van der Waals surface area contributed by atoms with E-state index < -0.39 is 0 Å². The second-order valence-electron chi connectivity index (χ2n) is 6.91. The van der Waals surface area contributed by atoms with Crippen LogP contribution in [0.25, 0.3) is 6.08 Å². The van der Waals surface area contributed by atoms with Gasteiger partial charge in [-0.3, -0.25) is 9.78 Å². The molecule has 0 fully saturated rings. The fraction of sp³-hybridized carbons (Fsp3) is 0.167. The first-order chi connectivity index (χ1) is 14.2. The molecule has 4 rings (SSSR count). The molecular formula is C24H22N2O3. The number of rotatable bonds is 6. The molecule has 1 aliphatic heterocycles. The van der Waals surface area contributed by atoms with Gasteiger partial charge in [0.25, 0.3) is 5.91 Å². The van der Waals surface area contributed by atoms with Crippen molar-refractivity contribution in [3.8, 4) is 11.5 Å². The Morgan fingerprint density at radius 2 is 1.97 bits per heavy atom. The molecule has 1 amide bonds. The maximum atomic E-state index is 12.6. The average molecular weight is 386 g/mol. The number of nitrogens with one attached hydrogen (secondary N) is 1. The summed E-state index contributed by atoms with van der Waals surface area (Å²) in [7, 11) is 0. The van der Waals surface area contributed by atoms with Gasteiger partial charge in [0.05, 0.1) is 11.6 Å². The zero-order valence-corrected chi connectivity index (χ0v) is 16.2. The summed E-state index contributed by atoms with van der Waals surface area (Å²) >= 11 is 0. The van der Waals surface area contributed by atoms with Gasteiger partial charge in [-0.1, -0.05) is 36.4 Å². The summed E-state index contributed by atoms with van der Waals surface area (Å²) in [5.41, 5.74) is 3.56. The van der Waals surface area contributed by atoms with E-state index in [-0.39, 0.29) is 18.6 Å². The lowest BCUT2D eigenvalue weighted by molar-refractivity contribution is -0.118. The van der Waals surface area contributed by atoms with Gasteiger partial charge in [0.1, 0.15) is 24.7 Å². The maximum Gasteiger partial charge on any atom is 0.251 e. The van der Waals surface area contributed by atoms with Crippen LogP contribution in [0, 0.1) is 0 Å². The Hall–Kier alpha value is -3.60. The van der Waals surface area contributed by atoms with Gasteiger partial charge in [-0.15, -0.1) is 0 Å². The minimum atomic E-state index is -0.132. The summed E-state index contributed by atoms with van der Waals surface area (Å²) in [5, 5.41) is 3.04. The van der Waals surface area contributed by atoms with Crippen molar-refractivity contribution in [1.82, 2.24) is 10.3 Å². The van der Waals surface area contributed by atoms with Crippen LogP contribution >= 0.6 is 0 Å². The van der Waals surface area contributed by atoms with Gasteiger partial charge in [-0.05, 0) is 42.8 Å².